The topological polar surface area (TPSA) is 172 Å². The van der Waals surface area contributed by atoms with Crippen LogP contribution < -0.4 is 44.2 Å². The van der Waals surface area contributed by atoms with Crippen molar-refractivity contribution in [3.05, 3.63) is 0 Å². The molecule has 9 heteroatoms. The van der Waals surface area contributed by atoms with E-state index in [9.17, 15) is 0 Å². The SMILES string of the molecule is CCC(N)C(N)O.NCCNCCNCCNCCNCCN. The molecule has 23 heavy (non-hydrogen) atoms. The third kappa shape index (κ3) is 24.0. The number of nitrogens with two attached hydrogens (primary N) is 4. The van der Waals surface area contributed by atoms with Crippen molar-refractivity contribution in [2.24, 2.45) is 22.9 Å². The van der Waals surface area contributed by atoms with Crippen LogP contribution in [0, 0.1) is 0 Å². The molecular weight excluding hydrogens is 296 g/mol. The zero-order valence-electron chi connectivity index (χ0n) is 14.7. The van der Waals surface area contributed by atoms with Crippen molar-refractivity contribution < 1.29 is 5.11 Å². The van der Waals surface area contributed by atoms with Crippen LogP contribution in [0.4, 0.5) is 0 Å². The summed E-state index contributed by atoms with van der Waals surface area (Å²) in [5, 5.41) is 21.6. The summed E-state index contributed by atoms with van der Waals surface area (Å²) in [7, 11) is 0. The Morgan fingerprint density at radius 2 is 1.00 bits per heavy atom. The van der Waals surface area contributed by atoms with E-state index in [1.807, 2.05) is 6.92 Å². The molecule has 0 aromatic rings. The van der Waals surface area contributed by atoms with Gasteiger partial charge in [0.1, 0.15) is 6.23 Å². The summed E-state index contributed by atoms with van der Waals surface area (Å²) in [5.74, 6) is 0. The van der Waals surface area contributed by atoms with Gasteiger partial charge in [-0.25, -0.2) is 0 Å². The third-order valence-corrected chi connectivity index (χ3v) is 2.99. The van der Waals surface area contributed by atoms with Crippen LogP contribution in [0.3, 0.4) is 0 Å². The summed E-state index contributed by atoms with van der Waals surface area (Å²) in [4.78, 5) is 0. The highest BCUT2D eigenvalue weighted by Gasteiger charge is 2.03. The van der Waals surface area contributed by atoms with Crippen molar-refractivity contribution in [1.29, 1.82) is 0 Å². The smallest absolute Gasteiger partial charge is 0.117 e. The Kier molecular flexibility index (Phi) is 23.4. The molecule has 0 radical (unpaired) electrons. The molecule has 0 aliphatic rings. The van der Waals surface area contributed by atoms with Crippen LogP contribution in [0.1, 0.15) is 13.3 Å². The number of aliphatic hydroxyl groups is 1. The number of nitrogens with one attached hydrogen (secondary N) is 4. The maximum atomic E-state index is 8.47. The predicted molar refractivity (Wildman–Crippen MR) is 98.0 cm³/mol. The van der Waals surface area contributed by atoms with E-state index in [1.165, 1.54) is 0 Å². The summed E-state index contributed by atoms with van der Waals surface area (Å²) < 4.78 is 0. The number of hydrogen-bond acceptors (Lipinski definition) is 9. The number of hydrogen-bond donors (Lipinski definition) is 9. The van der Waals surface area contributed by atoms with Gasteiger partial charge in [-0.05, 0) is 6.42 Å². The maximum absolute atomic E-state index is 8.47. The first-order valence-electron chi connectivity index (χ1n) is 8.52. The third-order valence-electron chi connectivity index (χ3n) is 2.99. The Bertz CT molecular complexity index is 195. The van der Waals surface area contributed by atoms with E-state index in [0.717, 1.165) is 58.8 Å². The van der Waals surface area contributed by atoms with Crippen molar-refractivity contribution in [3.63, 3.8) is 0 Å². The molecule has 2 unspecified atom stereocenters. The first-order valence-corrected chi connectivity index (χ1v) is 8.52. The molecule has 0 saturated carbocycles. The monoisotopic (exact) mass is 336 g/mol. The first kappa shape index (κ1) is 24.9. The summed E-state index contributed by atoms with van der Waals surface area (Å²) in [6.45, 7) is 11.0. The molecule has 0 rings (SSSR count). The summed E-state index contributed by atoms with van der Waals surface area (Å²) in [6.07, 6.45) is -0.137. The zero-order chi connectivity index (χ0) is 17.8. The van der Waals surface area contributed by atoms with Crippen LogP contribution in [-0.4, -0.2) is 82.8 Å². The van der Waals surface area contributed by atoms with Gasteiger partial charge in [-0.2, -0.15) is 0 Å². The van der Waals surface area contributed by atoms with E-state index < -0.39 is 6.23 Å². The molecule has 0 aliphatic heterocycles. The quantitative estimate of drug-likeness (QED) is 0.108. The highest BCUT2D eigenvalue weighted by atomic mass is 16.3. The van der Waals surface area contributed by atoms with Gasteiger partial charge in [-0.1, -0.05) is 6.92 Å². The fraction of sp³-hybridized carbons (Fsp3) is 1.00. The van der Waals surface area contributed by atoms with Gasteiger partial charge >= 0.3 is 0 Å². The Hall–Kier alpha value is -0.360. The van der Waals surface area contributed by atoms with Crippen molar-refractivity contribution >= 4 is 0 Å². The van der Waals surface area contributed by atoms with Gasteiger partial charge in [0.05, 0.1) is 0 Å². The van der Waals surface area contributed by atoms with E-state index in [2.05, 4.69) is 21.3 Å². The second-order valence-electron chi connectivity index (χ2n) is 5.14. The molecule has 142 valence electrons. The highest BCUT2D eigenvalue weighted by molar-refractivity contribution is 4.61. The van der Waals surface area contributed by atoms with E-state index in [-0.39, 0.29) is 6.04 Å². The van der Waals surface area contributed by atoms with Crippen molar-refractivity contribution in [3.8, 4) is 0 Å². The molecule has 0 saturated heterocycles. The van der Waals surface area contributed by atoms with Gasteiger partial charge < -0.3 is 49.3 Å². The van der Waals surface area contributed by atoms with Crippen LogP contribution >= 0.6 is 0 Å². The molecule has 0 fully saturated rings. The van der Waals surface area contributed by atoms with E-state index in [0.29, 0.717) is 13.1 Å². The number of rotatable bonds is 15. The van der Waals surface area contributed by atoms with Crippen molar-refractivity contribution in [2.45, 2.75) is 25.6 Å². The molecule has 0 aromatic heterocycles. The maximum Gasteiger partial charge on any atom is 0.117 e. The molecule has 0 amide bonds. The van der Waals surface area contributed by atoms with Crippen LogP contribution in [0.25, 0.3) is 0 Å². The van der Waals surface area contributed by atoms with Crippen LogP contribution in [0.15, 0.2) is 0 Å². The average Bonchev–Trinajstić information content (AvgIpc) is 2.55. The van der Waals surface area contributed by atoms with Gasteiger partial charge in [0.25, 0.3) is 0 Å². The Labute approximate surface area is 141 Å². The second kappa shape index (κ2) is 21.6. The molecule has 13 N–H and O–H groups in total. The van der Waals surface area contributed by atoms with E-state index in [1.54, 1.807) is 0 Å². The average molecular weight is 337 g/mol. The fourth-order valence-electron chi connectivity index (χ4n) is 1.48. The molecule has 0 bridgehead atoms. The molecule has 9 nitrogen and oxygen atoms in total. The standard InChI is InChI=1S/C10H28N6.C4H12N2O/c11-1-3-13-5-7-15-9-10-16-8-6-14-4-2-12;1-2-3(5)4(6)7/h13-16H,1-12H2;3-4,7H,2,5-6H2,1H3. The minimum Gasteiger partial charge on any atom is -0.377 e. The largest absolute Gasteiger partial charge is 0.377 e. The van der Waals surface area contributed by atoms with Crippen LogP contribution in [0.5, 0.6) is 0 Å². The summed E-state index contributed by atoms with van der Waals surface area (Å²) in [6, 6.07) is -0.264. The van der Waals surface area contributed by atoms with Crippen LogP contribution in [0.2, 0.25) is 0 Å². The van der Waals surface area contributed by atoms with Gasteiger partial charge in [0, 0.05) is 71.5 Å². The van der Waals surface area contributed by atoms with Crippen molar-refractivity contribution in [1.82, 2.24) is 21.3 Å². The molecule has 0 aliphatic carbocycles. The van der Waals surface area contributed by atoms with E-state index in [4.69, 9.17) is 28.0 Å². The lowest BCUT2D eigenvalue weighted by atomic mass is 10.2. The second-order valence-corrected chi connectivity index (χ2v) is 5.14. The van der Waals surface area contributed by atoms with Crippen LogP contribution in [-0.2, 0) is 0 Å². The molecule has 0 spiro atoms. The van der Waals surface area contributed by atoms with E-state index >= 15 is 0 Å². The number of aliphatic hydroxyl groups excluding tert-OH is 1. The minimum absolute atomic E-state index is 0.264. The lowest BCUT2D eigenvalue weighted by Crippen LogP contribution is -2.40. The molecule has 0 heterocycles. The first-order chi connectivity index (χ1) is 11.1. The highest BCUT2D eigenvalue weighted by Crippen LogP contribution is 1.85. The molecule has 0 aromatic carbocycles. The Morgan fingerprint density at radius 1 is 0.696 bits per heavy atom. The van der Waals surface area contributed by atoms with Crippen molar-refractivity contribution in [2.75, 3.05) is 65.4 Å². The van der Waals surface area contributed by atoms with Gasteiger partial charge in [0.2, 0.25) is 0 Å². The molecular formula is C14H40N8O. The lowest BCUT2D eigenvalue weighted by molar-refractivity contribution is 0.149. The molecule has 2 atom stereocenters. The van der Waals surface area contributed by atoms with Gasteiger partial charge in [0.15, 0.2) is 0 Å². The predicted octanol–water partition coefficient (Wildman–Crippen LogP) is -3.74. The Morgan fingerprint density at radius 3 is 1.17 bits per heavy atom. The van der Waals surface area contributed by atoms with Gasteiger partial charge in [-0.3, -0.25) is 0 Å². The van der Waals surface area contributed by atoms with Gasteiger partial charge in [-0.15, -0.1) is 0 Å². The Balaban J connectivity index is 0. The normalized spacial score (nSPS) is 13.3. The lowest BCUT2D eigenvalue weighted by Gasteiger charge is -2.09. The fourth-order valence-corrected chi connectivity index (χ4v) is 1.48. The summed E-state index contributed by atoms with van der Waals surface area (Å²) in [5.41, 5.74) is 20.9. The zero-order valence-corrected chi connectivity index (χ0v) is 14.7. The minimum atomic E-state index is -0.856. The summed E-state index contributed by atoms with van der Waals surface area (Å²) >= 11 is 0.